The molecule has 0 aliphatic rings. The Morgan fingerprint density at radius 1 is 0.541 bits per heavy atom. The summed E-state index contributed by atoms with van der Waals surface area (Å²) in [6, 6.07) is 56.7. The summed E-state index contributed by atoms with van der Waals surface area (Å²) < 4.78 is 52.0. The molecule has 5 nitrogen and oxygen atoms in total. The predicted octanol–water partition coefficient (Wildman–Crippen LogP) is 15.3. The molecule has 392 valence electrons. The number of alkyl halides is 5. The van der Waals surface area contributed by atoms with Crippen LogP contribution in [0, 0.1) is 0 Å². The molecule has 12 heteroatoms. The lowest BCUT2D eigenvalue weighted by molar-refractivity contribution is -0.0000427. The Bertz CT molecular complexity index is 2670. The van der Waals surface area contributed by atoms with Gasteiger partial charge in [0.25, 0.3) is 24.7 Å². The van der Waals surface area contributed by atoms with Gasteiger partial charge in [0.05, 0.1) is 17.2 Å². The van der Waals surface area contributed by atoms with Gasteiger partial charge in [0.2, 0.25) is 0 Å². The monoisotopic (exact) mass is 1250 g/mol. The van der Waals surface area contributed by atoms with E-state index in [0.29, 0.717) is 25.5 Å². The van der Waals surface area contributed by atoms with Gasteiger partial charge in [-0.3, -0.25) is 14.4 Å². The van der Waals surface area contributed by atoms with Crippen LogP contribution in [0.1, 0.15) is 121 Å². The number of hydrogen-bond acceptors (Lipinski definition) is 3. The normalized spacial score (nSPS) is 10.2. The van der Waals surface area contributed by atoms with Crippen LogP contribution >= 0.6 is 31.2 Å². The van der Waals surface area contributed by atoms with Gasteiger partial charge in [0, 0.05) is 47.6 Å². The molecular formula is C62H69F4I2N2O3P. The maximum absolute atomic E-state index is 13.1. The van der Waals surface area contributed by atoms with E-state index in [-0.39, 0.29) is 52.0 Å². The van der Waals surface area contributed by atoms with E-state index >= 15 is 0 Å². The van der Waals surface area contributed by atoms with Crippen LogP contribution in [0.15, 0.2) is 207 Å². The Hall–Kier alpha value is -5.76. The lowest BCUT2D eigenvalue weighted by Gasteiger charge is -2.13. The molecule has 0 aliphatic carbocycles. The van der Waals surface area contributed by atoms with Crippen LogP contribution in [0.2, 0.25) is 0 Å². The molecule has 0 fully saturated rings. The number of ketones is 1. The van der Waals surface area contributed by atoms with Crippen LogP contribution in [0.25, 0.3) is 16.7 Å². The number of benzene rings is 7. The quantitative estimate of drug-likeness (QED) is 0.0204. The number of rotatable bonds is 15. The molecule has 0 aliphatic heterocycles. The van der Waals surface area contributed by atoms with Gasteiger partial charge in [-0.25, -0.2) is 17.6 Å². The van der Waals surface area contributed by atoms with E-state index in [1.165, 1.54) is 79.5 Å². The summed E-state index contributed by atoms with van der Waals surface area (Å²) >= 11 is 2.15. The number of para-hydroxylation sites is 2. The van der Waals surface area contributed by atoms with E-state index in [1.807, 2.05) is 49.1 Å². The van der Waals surface area contributed by atoms with Crippen molar-refractivity contribution in [1.82, 2.24) is 0 Å². The fourth-order valence-electron chi connectivity index (χ4n) is 6.80. The highest BCUT2D eigenvalue weighted by atomic mass is 127. The molecule has 7 aromatic rings. The van der Waals surface area contributed by atoms with E-state index in [1.54, 1.807) is 47.8 Å². The molecule has 2 N–H and O–H groups in total. The van der Waals surface area contributed by atoms with Crippen LogP contribution in [0.3, 0.4) is 0 Å². The number of allylic oxidation sites excluding steroid dienone is 3. The van der Waals surface area contributed by atoms with Crippen molar-refractivity contribution in [3.63, 3.8) is 0 Å². The van der Waals surface area contributed by atoms with Crippen molar-refractivity contribution in [3.8, 4) is 11.1 Å². The fourth-order valence-corrected chi connectivity index (χ4v) is 8.24. The summed E-state index contributed by atoms with van der Waals surface area (Å²) in [5.74, 6) is -1.41. The van der Waals surface area contributed by atoms with Crippen LogP contribution in [-0.2, 0) is 0 Å². The van der Waals surface area contributed by atoms with Gasteiger partial charge in [-0.15, -0.1) is 6.58 Å². The zero-order valence-electron chi connectivity index (χ0n) is 43.0. The van der Waals surface area contributed by atoms with Gasteiger partial charge in [-0.2, -0.15) is 0 Å². The van der Waals surface area contributed by atoms with E-state index in [0.717, 1.165) is 24.0 Å². The maximum atomic E-state index is 13.1. The van der Waals surface area contributed by atoms with Crippen molar-refractivity contribution in [2.45, 2.75) is 73.2 Å². The molecule has 1 atom stereocenters. The Labute approximate surface area is 469 Å². The fraction of sp³-hybridized carbons (Fsp3) is 0.210. The number of Topliss-reactive ketones (excluding diaryl/α,β-unsaturated/α-hetero) is 1. The van der Waals surface area contributed by atoms with Gasteiger partial charge in [-0.05, 0) is 97.7 Å². The van der Waals surface area contributed by atoms with Gasteiger partial charge in [0.1, 0.15) is 0 Å². The third kappa shape index (κ3) is 24.5. The first kappa shape index (κ1) is 66.3. The number of anilines is 2. The standard InChI is InChI=1S/C20H21F2NO.C16H13F2NO2.C12H10.C10H15P.C3H6.CH3I.HI/c1-3-4-9-14(2)15-10-7-8-13-18(15)23-20(24)17-12-6-5-11-16(17)19(21)22;1-10(20)11-6-4-5-9-14(11)19-16(21)13-8-3-2-7-12(13)15(17)18;1-3-7-11(8-4-1)12-9-5-2-6-10-12;1-2-3-9-11-10-7-5-4-6-8-10;1-3-2;1-2;/h5-13,19H,3-4H2,1-2H3,(H,23,24);2-9,15H,1H3,(H,19,21);1-10H;4-8,11H,2-3,9H2,1H3;3H,1H2,2H3;1H3;1H. The van der Waals surface area contributed by atoms with Crippen molar-refractivity contribution >= 4 is 71.0 Å². The SMILES string of the molecule is C=CC.CC(=O)c1ccccc1NC(=O)c1ccccc1C(F)F.CCCC=C(C)c1ccccc1NC(=O)c1ccccc1C(F)F.CCCC[PH2+]c1ccccc1.CI.[I-].c1ccc(-c2ccccc2)cc1. The summed E-state index contributed by atoms with van der Waals surface area (Å²) in [6.45, 7) is 13.0. The Kier molecular flexibility index (Phi) is 35.5. The second kappa shape index (κ2) is 39.7. The first-order valence-electron chi connectivity index (χ1n) is 24.0. The van der Waals surface area contributed by atoms with Gasteiger partial charge < -0.3 is 34.6 Å². The summed E-state index contributed by atoms with van der Waals surface area (Å²) in [5.41, 5.74) is 5.06. The lowest BCUT2D eigenvalue weighted by Crippen LogP contribution is -3.00. The van der Waals surface area contributed by atoms with E-state index < -0.39 is 24.7 Å². The Morgan fingerprint density at radius 2 is 0.892 bits per heavy atom. The highest BCUT2D eigenvalue weighted by Crippen LogP contribution is 2.28. The van der Waals surface area contributed by atoms with Crippen molar-refractivity contribution < 1.29 is 55.9 Å². The van der Waals surface area contributed by atoms with Crippen LogP contribution in [0.4, 0.5) is 28.9 Å². The minimum absolute atomic E-state index is 0. The molecule has 74 heavy (non-hydrogen) atoms. The van der Waals surface area contributed by atoms with E-state index in [2.05, 4.69) is 139 Å². The number of hydrogen-bond donors (Lipinski definition) is 2. The topological polar surface area (TPSA) is 75.3 Å². The van der Waals surface area contributed by atoms with E-state index in [4.69, 9.17) is 0 Å². The second-order valence-corrected chi connectivity index (χ2v) is 17.6. The van der Waals surface area contributed by atoms with Crippen LogP contribution in [0.5, 0.6) is 0 Å². The van der Waals surface area contributed by atoms with Crippen molar-refractivity contribution in [1.29, 1.82) is 0 Å². The smallest absolute Gasteiger partial charge is 0.264 e. The first-order chi connectivity index (χ1) is 35.4. The molecule has 1 unspecified atom stereocenters. The summed E-state index contributed by atoms with van der Waals surface area (Å²) in [5, 5.41) is 6.83. The molecule has 0 heterocycles. The van der Waals surface area contributed by atoms with Crippen molar-refractivity contribution in [2.24, 2.45) is 0 Å². The van der Waals surface area contributed by atoms with Gasteiger partial charge in [0.15, 0.2) is 5.78 Å². The molecule has 0 spiro atoms. The third-order valence-electron chi connectivity index (χ3n) is 10.4. The minimum atomic E-state index is -2.74. The number of amides is 2. The van der Waals surface area contributed by atoms with Gasteiger partial charge in [-0.1, -0.05) is 207 Å². The summed E-state index contributed by atoms with van der Waals surface area (Å²) in [6.07, 6.45) is 4.56. The molecular weight excluding hydrogens is 1180 g/mol. The average molecular weight is 1250 g/mol. The second-order valence-electron chi connectivity index (χ2n) is 15.9. The molecule has 0 saturated carbocycles. The molecule has 0 aromatic heterocycles. The van der Waals surface area contributed by atoms with Crippen molar-refractivity contribution in [3.05, 3.63) is 240 Å². The minimum Gasteiger partial charge on any atom is -1.00 e. The molecule has 0 saturated heterocycles. The number of halogens is 6. The van der Waals surface area contributed by atoms with Gasteiger partial charge >= 0.3 is 0 Å². The molecule has 7 aromatic carbocycles. The molecule has 2 amide bonds. The Balaban J connectivity index is 0.000000496. The van der Waals surface area contributed by atoms with E-state index in [9.17, 15) is 31.9 Å². The third-order valence-corrected chi connectivity index (χ3v) is 11.9. The zero-order chi connectivity index (χ0) is 53.8. The largest absolute Gasteiger partial charge is 1.00 e. The lowest BCUT2D eigenvalue weighted by atomic mass is 10.0. The highest BCUT2D eigenvalue weighted by Gasteiger charge is 2.20. The van der Waals surface area contributed by atoms with Crippen LogP contribution in [-0.4, -0.2) is 28.7 Å². The highest BCUT2D eigenvalue weighted by molar-refractivity contribution is 14.1. The molecule has 0 bridgehead atoms. The number of carbonyl (C=O) groups is 3. The van der Waals surface area contributed by atoms with Crippen LogP contribution < -0.4 is 39.9 Å². The Morgan fingerprint density at radius 3 is 1.28 bits per heavy atom. The number of unbranched alkanes of at least 4 members (excludes halogenated alkanes) is 2. The molecule has 7 rings (SSSR count). The number of carbonyl (C=O) groups excluding carboxylic acids is 3. The molecule has 0 radical (unpaired) electrons. The summed E-state index contributed by atoms with van der Waals surface area (Å²) in [7, 11) is 0.544. The average Bonchev–Trinajstić information content (AvgIpc) is 3.42. The predicted molar refractivity (Wildman–Crippen MR) is 313 cm³/mol. The maximum Gasteiger partial charge on any atom is 0.264 e. The van der Waals surface area contributed by atoms with Crippen molar-refractivity contribution in [2.75, 3.05) is 21.7 Å². The first-order valence-corrected chi connectivity index (χ1v) is 27.6. The number of nitrogens with one attached hydrogen (secondary N) is 2. The zero-order valence-corrected chi connectivity index (χ0v) is 48.5. The summed E-state index contributed by atoms with van der Waals surface area (Å²) in [4.78, 5) is 38.1.